The normalized spacial score (nSPS) is 12.8. The number of aryl methyl sites for hydroxylation is 2. The van der Waals surface area contributed by atoms with E-state index in [1.165, 1.54) is 6.07 Å². The van der Waals surface area contributed by atoms with Gasteiger partial charge in [0.1, 0.15) is 17.3 Å². The number of hydrogen-bond donors (Lipinski definition) is 1. The van der Waals surface area contributed by atoms with E-state index in [0.717, 1.165) is 5.76 Å². The summed E-state index contributed by atoms with van der Waals surface area (Å²) in [4.78, 5) is 0. The molecule has 0 saturated heterocycles. The van der Waals surface area contributed by atoms with Crippen LogP contribution in [0, 0.1) is 19.7 Å². The average molecular weight is 254 g/mol. The largest absolute Gasteiger partial charge is 0.464 e. The van der Waals surface area contributed by atoms with Crippen LogP contribution in [0.5, 0.6) is 0 Å². The van der Waals surface area contributed by atoms with Crippen molar-refractivity contribution >= 4 is 11.6 Å². The van der Waals surface area contributed by atoms with Gasteiger partial charge in [0, 0.05) is 5.02 Å². The third kappa shape index (κ3) is 2.35. The van der Waals surface area contributed by atoms with Crippen LogP contribution in [-0.2, 0) is 0 Å². The van der Waals surface area contributed by atoms with E-state index in [1.807, 2.05) is 13.0 Å². The minimum absolute atomic E-state index is 0.314. The van der Waals surface area contributed by atoms with Crippen molar-refractivity contribution in [2.45, 2.75) is 19.9 Å². The van der Waals surface area contributed by atoms with Crippen LogP contribution in [0.25, 0.3) is 0 Å². The van der Waals surface area contributed by atoms with E-state index in [2.05, 4.69) is 0 Å². The van der Waals surface area contributed by atoms with Gasteiger partial charge in [-0.25, -0.2) is 4.39 Å². The van der Waals surface area contributed by atoms with Crippen LogP contribution in [0.2, 0.25) is 5.02 Å². The van der Waals surface area contributed by atoms with Crippen molar-refractivity contribution in [3.05, 3.63) is 57.8 Å². The SMILES string of the molecule is Cc1ccc(C(N)c2cc(C)c(F)cc2Cl)o1. The molecule has 2 nitrogen and oxygen atoms in total. The lowest BCUT2D eigenvalue weighted by Gasteiger charge is -2.12. The molecule has 2 rings (SSSR count). The first-order chi connectivity index (χ1) is 7.99. The molecule has 0 spiro atoms. The Morgan fingerprint density at radius 2 is 2.00 bits per heavy atom. The van der Waals surface area contributed by atoms with Crippen LogP contribution < -0.4 is 5.73 Å². The predicted octanol–water partition coefficient (Wildman–Crippen LogP) is 3.74. The van der Waals surface area contributed by atoms with E-state index in [9.17, 15) is 4.39 Å². The van der Waals surface area contributed by atoms with Gasteiger partial charge in [-0.3, -0.25) is 0 Å². The molecule has 4 heteroatoms. The fourth-order valence-electron chi connectivity index (χ4n) is 1.69. The van der Waals surface area contributed by atoms with Gasteiger partial charge >= 0.3 is 0 Å². The average Bonchev–Trinajstić information content (AvgIpc) is 2.69. The molecule has 0 amide bonds. The molecule has 1 unspecified atom stereocenters. The molecule has 0 aliphatic rings. The van der Waals surface area contributed by atoms with Gasteiger partial charge in [-0.15, -0.1) is 0 Å². The first-order valence-corrected chi connectivity index (χ1v) is 5.64. The van der Waals surface area contributed by atoms with Crippen molar-refractivity contribution < 1.29 is 8.81 Å². The van der Waals surface area contributed by atoms with Crippen LogP contribution >= 0.6 is 11.6 Å². The third-order valence-electron chi connectivity index (χ3n) is 2.68. The van der Waals surface area contributed by atoms with Gasteiger partial charge in [0.05, 0.1) is 6.04 Å². The summed E-state index contributed by atoms with van der Waals surface area (Å²) in [6.45, 7) is 3.52. The Balaban J connectivity index is 2.43. The molecule has 17 heavy (non-hydrogen) atoms. The molecule has 0 aliphatic carbocycles. The van der Waals surface area contributed by atoms with E-state index >= 15 is 0 Å². The minimum atomic E-state index is -0.476. The number of hydrogen-bond acceptors (Lipinski definition) is 2. The maximum Gasteiger partial charge on any atom is 0.127 e. The van der Waals surface area contributed by atoms with Gasteiger partial charge in [-0.1, -0.05) is 11.6 Å². The first-order valence-electron chi connectivity index (χ1n) is 5.26. The molecule has 0 radical (unpaired) electrons. The Morgan fingerprint density at radius 3 is 2.59 bits per heavy atom. The zero-order chi connectivity index (χ0) is 12.6. The second-order valence-corrected chi connectivity index (χ2v) is 4.46. The maximum absolute atomic E-state index is 13.3. The van der Waals surface area contributed by atoms with Gasteiger partial charge < -0.3 is 10.2 Å². The van der Waals surface area contributed by atoms with E-state index in [4.69, 9.17) is 21.8 Å². The van der Waals surface area contributed by atoms with E-state index in [-0.39, 0.29) is 5.82 Å². The monoisotopic (exact) mass is 253 g/mol. The highest BCUT2D eigenvalue weighted by Gasteiger charge is 2.17. The molecule has 2 aromatic rings. The second-order valence-electron chi connectivity index (χ2n) is 4.05. The van der Waals surface area contributed by atoms with Crippen molar-refractivity contribution in [1.82, 2.24) is 0 Å². The van der Waals surface area contributed by atoms with Gasteiger partial charge in [0.15, 0.2) is 0 Å². The standard InChI is InChI=1S/C13H13ClFNO/c1-7-5-9(10(14)6-11(7)15)13(16)12-4-3-8(2)17-12/h3-6,13H,16H2,1-2H3. The smallest absolute Gasteiger partial charge is 0.127 e. The number of halogens is 2. The maximum atomic E-state index is 13.3. The predicted molar refractivity (Wildman–Crippen MR) is 65.6 cm³/mol. The summed E-state index contributed by atoms with van der Waals surface area (Å²) in [6, 6.07) is 6.09. The summed E-state index contributed by atoms with van der Waals surface area (Å²) >= 11 is 5.99. The van der Waals surface area contributed by atoms with Crippen LogP contribution in [0.4, 0.5) is 4.39 Å². The fourth-order valence-corrected chi connectivity index (χ4v) is 1.96. The fraction of sp³-hybridized carbons (Fsp3) is 0.231. The molecular formula is C13H13ClFNO. The molecule has 2 N–H and O–H groups in total. The van der Waals surface area contributed by atoms with Crippen LogP contribution in [0.1, 0.15) is 28.7 Å². The number of benzene rings is 1. The molecular weight excluding hydrogens is 241 g/mol. The van der Waals surface area contributed by atoms with Crippen molar-refractivity contribution in [2.24, 2.45) is 5.73 Å². The molecule has 1 atom stereocenters. The molecule has 0 fully saturated rings. The Hall–Kier alpha value is -1.32. The van der Waals surface area contributed by atoms with Crippen LogP contribution in [0.3, 0.4) is 0 Å². The zero-order valence-corrected chi connectivity index (χ0v) is 10.4. The summed E-state index contributed by atoms with van der Waals surface area (Å²) in [7, 11) is 0. The molecule has 1 heterocycles. The highest BCUT2D eigenvalue weighted by Crippen LogP contribution is 2.29. The lowest BCUT2D eigenvalue weighted by Crippen LogP contribution is -2.12. The minimum Gasteiger partial charge on any atom is -0.464 e. The van der Waals surface area contributed by atoms with Crippen LogP contribution in [-0.4, -0.2) is 0 Å². The molecule has 0 bridgehead atoms. The van der Waals surface area contributed by atoms with E-state index in [1.54, 1.807) is 19.1 Å². The second kappa shape index (κ2) is 4.51. The molecule has 0 saturated carbocycles. The van der Waals surface area contributed by atoms with Gasteiger partial charge in [-0.2, -0.15) is 0 Å². The first kappa shape index (κ1) is 12.1. The van der Waals surface area contributed by atoms with Gasteiger partial charge in [-0.05, 0) is 49.2 Å². The van der Waals surface area contributed by atoms with Crippen molar-refractivity contribution in [1.29, 1.82) is 0 Å². The van der Waals surface area contributed by atoms with Crippen molar-refractivity contribution in [3.63, 3.8) is 0 Å². The number of nitrogens with two attached hydrogens (primary N) is 1. The number of rotatable bonds is 2. The lowest BCUT2D eigenvalue weighted by atomic mass is 10.0. The quantitative estimate of drug-likeness (QED) is 0.886. The van der Waals surface area contributed by atoms with Crippen LogP contribution in [0.15, 0.2) is 28.7 Å². The third-order valence-corrected chi connectivity index (χ3v) is 3.01. The van der Waals surface area contributed by atoms with E-state index in [0.29, 0.717) is 21.9 Å². The highest BCUT2D eigenvalue weighted by molar-refractivity contribution is 6.31. The summed E-state index contributed by atoms with van der Waals surface area (Å²) in [5, 5.41) is 0.314. The van der Waals surface area contributed by atoms with Crippen molar-refractivity contribution in [2.75, 3.05) is 0 Å². The summed E-state index contributed by atoms with van der Waals surface area (Å²) in [5.41, 5.74) is 7.23. The summed E-state index contributed by atoms with van der Waals surface area (Å²) in [6.07, 6.45) is 0. The van der Waals surface area contributed by atoms with Gasteiger partial charge in [0.25, 0.3) is 0 Å². The molecule has 90 valence electrons. The summed E-state index contributed by atoms with van der Waals surface area (Å²) in [5.74, 6) is 1.07. The van der Waals surface area contributed by atoms with E-state index < -0.39 is 6.04 Å². The molecule has 1 aromatic heterocycles. The lowest BCUT2D eigenvalue weighted by molar-refractivity contribution is 0.466. The zero-order valence-electron chi connectivity index (χ0n) is 9.63. The van der Waals surface area contributed by atoms with Gasteiger partial charge in [0.2, 0.25) is 0 Å². The number of furan rings is 1. The Morgan fingerprint density at radius 1 is 1.29 bits per heavy atom. The molecule has 1 aromatic carbocycles. The Bertz CT molecular complexity index is 550. The Labute approximate surface area is 104 Å². The Kier molecular flexibility index (Phi) is 3.22. The van der Waals surface area contributed by atoms with Crippen molar-refractivity contribution in [3.8, 4) is 0 Å². The summed E-state index contributed by atoms with van der Waals surface area (Å²) < 4.78 is 18.7. The topological polar surface area (TPSA) is 39.2 Å². The molecule has 0 aliphatic heterocycles. The highest BCUT2D eigenvalue weighted by atomic mass is 35.5.